The van der Waals surface area contributed by atoms with Gasteiger partial charge < -0.3 is 15.7 Å². The highest BCUT2D eigenvalue weighted by Gasteiger charge is 2.15. The Balaban J connectivity index is 2.90. The van der Waals surface area contributed by atoms with Crippen molar-refractivity contribution in [3.05, 3.63) is 35.4 Å². The Hall–Kier alpha value is -2.32. The van der Waals surface area contributed by atoms with Crippen molar-refractivity contribution < 1.29 is 14.7 Å². The lowest BCUT2D eigenvalue weighted by Crippen LogP contribution is -2.38. The summed E-state index contributed by atoms with van der Waals surface area (Å²) in [5.74, 6) is 4.86. The van der Waals surface area contributed by atoms with Gasteiger partial charge in [-0.1, -0.05) is 17.9 Å². The second-order valence-corrected chi connectivity index (χ2v) is 4.14. The Morgan fingerprint density at radius 2 is 2.15 bits per heavy atom. The highest BCUT2D eigenvalue weighted by atomic mass is 16.2. The van der Waals surface area contributed by atoms with Crippen molar-refractivity contribution in [3.8, 4) is 11.8 Å². The zero-order chi connectivity index (χ0) is 15.0. The molecule has 0 saturated heterocycles. The molecule has 20 heavy (non-hydrogen) atoms. The van der Waals surface area contributed by atoms with Gasteiger partial charge in [-0.25, -0.2) is 0 Å². The lowest BCUT2D eigenvalue weighted by Gasteiger charge is -2.19. The van der Waals surface area contributed by atoms with Gasteiger partial charge in [-0.05, 0) is 25.1 Å². The van der Waals surface area contributed by atoms with E-state index in [4.69, 9.17) is 10.8 Å². The first-order valence-corrected chi connectivity index (χ1v) is 6.35. The molecule has 0 spiro atoms. The Labute approximate surface area is 118 Å². The molecule has 1 aromatic carbocycles. The predicted molar refractivity (Wildman–Crippen MR) is 75.8 cm³/mol. The number of rotatable bonds is 5. The van der Waals surface area contributed by atoms with E-state index in [0.29, 0.717) is 24.1 Å². The van der Waals surface area contributed by atoms with Crippen LogP contribution in [0.2, 0.25) is 0 Å². The molecule has 1 aromatic rings. The highest BCUT2D eigenvalue weighted by molar-refractivity contribution is 5.96. The van der Waals surface area contributed by atoms with Crippen LogP contribution in [-0.4, -0.2) is 41.5 Å². The van der Waals surface area contributed by atoms with Crippen molar-refractivity contribution in [1.82, 2.24) is 4.90 Å². The molecule has 0 unspecified atom stereocenters. The smallest absolute Gasteiger partial charge is 0.254 e. The van der Waals surface area contributed by atoms with E-state index >= 15 is 0 Å². The lowest BCUT2D eigenvalue weighted by molar-refractivity contribution is -0.118. The molecule has 0 saturated carbocycles. The summed E-state index contributed by atoms with van der Waals surface area (Å²) in [4.78, 5) is 24.5. The fraction of sp³-hybridized carbons (Fsp3) is 0.333. The summed E-state index contributed by atoms with van der Waals surface area (Å²) in [5, 5.41) is 8.67. The largest absolute Gasteiger partial charge is 0.395 e. The van der Waals surface area contributed by atoms with Crippen molar-refractivity contribution >= 4 is 11.8 Å². The zero-order valence-corrected chi connectivity index (χ0v) is 11.4. The Morgan fingerprint density at radius 3 is 2.75 bits per heavy atom. The zero-order valence-electron chi connectivity index (χ0n) is 11.4. The van der Waals surface area contributed by atoms with Crippen LogP contribution in [0, 0.1) is 11.8 Å². The maximum absolute atomic E-state index is 12.2. The van der Waals surface area contributed by atoms with Crippen LogP contribution in [-0.2, 0) is 4.79 Å². The van der Waals surface area contributed by atoms with Gasteiger partial charge in [0.2, 0.25) is 5.91 Å². The van der Waals surface area contributed by atoms with Gasteiger partial charge in [-0.2, -0.15) is 0 Å². The van der Waals surface area contributed by atoms with Gasteiger partial charge >= 0.3 is 0 Å². The van der Waals surface area contributed by atoms with Crippen molar-refractivity contribution in [2.45, 2.75) is 13.3 Å². The number of hydrogen-bond acceptors (Lipinski definition) is 3. The molecule has 0 radical (unpaired) electrons. The number of aliphatic hydroxyl groups excluding tert-OH is 1. The first kappa shape index (κ1) is 15.7. The van der Waals surface area contributed by atoms with Gasteiger partial charge in [0.25, 0.3) is 5.91 Å². The molecular formula is C15H18N2O3. The summed E-state index contributed by atoms with van der Waals surface area (Å²) in [6.45, 7) is 2.09. The maximum atomic E-state index is 12.2. The number of nitrogens with zero attached hydrogens (tertiary/aromatic N) is 1. The fourth-order valence-electron chi connectivity index (χ4n) is 1.65. The quantitative estimate of drug-likeness (QED) is 0.761. The number of aliphatic hydroxyl groups is 1. The molecule has 5 nitrogen and oxygen atoms in total. The van der Waals surface area contributed by atoms with Crippen LogP contribution in [0.15, 0.2) is 24.3 Å². The molecule has 0 aromatic heterocycles. The molecule has 3 N–H and O–H groups in total. The van der Waals surface area contributed by atoms with Crippen LogP contribution in [0.1, 0.15) is 29.3 Å². The molecule has 1 rings (SSSR count). The first-order chi connectivity index (χ1) is 9.58. The van der Waals surface area contributed by atoms with Gasteiger partial charge in [0.15, 0.2) is 0 Å². The average Bonchev–Trinajstić information content (AvgIpc) is 2.44. The number of hydrogen-bond donors (Lipinski definition) is 2. The summed E-state index contributed by atoms with van der Waals surface area (Å²) in [7, 11) is 0. The highest BCUT2D eigenvalue weighted by Crippen LogP contribution is 2.08. The minimum Gasteiger partial charge on any atom is -0.395 e. The van der Waals surface area contributed by atoms with E-state index in [9.17, 15) is 9.59 Å². The number of benzene rings is 1. The number of carbonyl (C=O) groups is 2. The number of primary amides is 1. The third-order valence-electron chi connectivity index (χ3n) is 2.59. The minimum atomic E-state index is -0.543. The lowest BCUT2D eigenvalue weighted by atomic mass is 10.1. The molecular weight excluding hydrogens is 256 g/mol. The van der Waals surface area contributed by atoms with Gasteiger partial charge in [-0.15, -0.1) is 0 Å². The number of amides is 2. The third kappa shape index (κ3) is 4.75. The maximum Gasteiger partial charge on any atom is 0.254 e. The van der Waals surface area contributed by atoms with Crippen LogP contribution in [0.25, 0.3) is 0 Å². The molecule has 106 valence electrons. The van der Waals surface area contributed by atoms with E-state index in [2.05, 4.69) is 11.8 Å². The number of nitrogens with two attached hydrogens (primary N) is 1. The molecule has 0 aliphatic rings. The summed E-state index contributed by atoms with van der Waals surface area (Å²) in [5.41, 5.74) is 6.27. The first-order valence-electron chi connectivity index (χ1n) is 6.35. The van der Waals surface area contributed by atoms with Crippen molar-refractivity contribution in [2.75, 3.05) is 19.7 Å². The van der Waals surface area contributed by atoms with E-state index in [1.807, 2.05) is 0 Å². The van der Waals surface area contributed by atoms with E-state index in [1.54, 1.807) is 31.2 Å². The van der Waals surface area contributed by atoms with E-state index in [0.717, 1.165) is 0 Å². The minimum absolute atomic E-state index is 0.00778. The fourth-order valence-corrected chi connectivity index (χ4v) is 1.65. The van der Waals surface area contributed by atoms with E-state index in [1.165, 1.54) is 4.90 Å². The second-order valence-electron chi connectivity index (χ2n) is 4.14. The van der Waals surface area contributed by atoms with Crippen LogP contribution in [0.5, 0.6) is 0 Å². The summed E-state index contributed by atoms with van der Waals surface area (Å²) < 4.78 is 0. The second kappa shape index (κ2) is 7.97. The van der Waals surface area contributed by atoms with Gasteiger partial charge in [0, 0.05) is 24.1 Å². The molecule has 2 amide bonds. The van der Waals surface area contributed by atoms with Crippen molar-refractivity contribution in [1.29, 1.82) is 0 Å². The Morgan fingerprint density at radius 1 is 1.40 bits per heavy atom. The predicted octanol–water partition coefficient (Wildman–Crippen LogP) is 0.368. The molecule has 5 heteroatoms. The summed E-state index contributed by atoms with van der Waals surface area (Å²) in [6.07, 6.45) is 0.390. The van der Waals surface area contributed by atoms with Gasteiger partial charge in [0.1, 0.15) is 0 Å². The molecule has 0 bridgehead atoms. The van der Waals surface area contributed by atoms with Crippen LogP contribution in [0.4, 0.5) is 0 Å². The molecule has 0 heterocycles. The van der Waals surface area contributed by atoms with Crippen molar-refractivity contribution in [3.63, 3.8) is 0 Å². The van der Waals surface area contributed by atoms with Gasteiger partial charge in [-0.3, -0.25) is 9.59 Å². The molecule has 0 aliphatic carbocycles. The summed E-state index contributed by atoms with van der Waals surface area (Å²) in [6, 6.07) is 6.85. The van der Waals surface area contributed by atoms with E-state index in [-0.39, 0.29) is 19.1 Å². The number of carbonyl (C=O) groups excluding carboxylic acids is 2. The third-order valence-corrected chi connectivity index (χ3v) is 2.59. The monoisotopic (exact) mass is 274 g/mol. The van der Waals surface area contributed by atoms with Crippen LogP contribution < -0.4 is 5.73 Å². The molecule has 0 fully saturated rings. The van der Waals surface area contributed by atoms with Crippen LogP contribution in [0.3, 0.4) is 0 Å². The Bertz CT molecular complexity index is 544. The number of likely N-dealkylation sites (N-methyl/N-ethyl adjacent to an activating group) is 1. The van der Waals surface area contributed by atoms with Crippen molar-refractivity contribution in [2.24, 2.45) is 5.73 Å². The average molecular weight is 274 g/mol. The SMILES string of the molecule is CCN(CC(N)=O)C(=O)c1cccc(C#CCCO)c1. The molecule has 0 atom stereocenters. The summed E-state index contributed by atoms with van der Waals surface area (Å²) >= 11 is 0. The Kier molecular flexibility index (Phi) is 6.27. The normalized spacial score (nSPS) is 9.50. The molecule has 0 aliphatic heterocycles. The topological polar surface area (TPSA) is 83.6 Å². The van der Waals surface area contributed by atoms with E-state index < -0.39 is 5.91 Å². The van der Waals surface area contributed by atoms with Gasteiger partial charge in [0.05, 0.1) is 13.2 Å². The standard InChI is InChI=1S/C15H18N2O3/c1-2-17(11-14(16)19)15(20)13-8-5-7-12(10-13)6-3-4-9-18/h5,7-8,10,18H,2,4,9,11H2,1H3,(H2,16,19). The van der Waals surface area contributed by atoms with Crippen LogP contribution >= 0.6 is 0 Å².